The van der Waals surface area contributed by atoms with Crippen molar-refractivity contribution < 1.29 is 94.1 Å². The molecule has 1 unspecified atom stereocenters. The molecule has 2 amide bonds. The van der Waals surface area contributed by atoms with Crippen molar-refractivity contribution in [2.75, 3.05) is 52.2 Å². The molecule has 508 valence electrons. The first-order chi connectivity index (χ1) is 60.1. The standard InChI is InChI=1S/2C37H40F4N4O2S/c1-4-43(5-2)18-19-44(22-26-6-10-28(11-7-26)29-12-14-30(15-13-29)37(39,40)41)34(46)23-45-33-21-25(3)20-32(33)35(47)42-36(45)48-24-27-8-16-31(38)17-9-27;1-4-43(5-2)19-20-44(22-29-12-11-28(21-25(29)3)27-13-15-30(16-14-27)37(39,40)41)34(46)23-45-33-8-6-7-32(33)35(47)42-36(45)48-24-26-9-17-31(38)18-10-26/h6-17,25H,4-5,18-24H2,1-3H3;9-18,21H,4-8,19-20,22-24H2,1-3H3/i8D,9D,16D,17D,18D2,19D2,20D2,21D2,23D2,24D2,25D;9D,10D,11D,12D,13D,14D,15D,16D,17D,18D,19D2,20D2,21D,23D2,24D2. The zero-order valence-electron chi connectivity index (χ0n) is 87.5. The number of aromatic nitrogens is 4. The minimum atomic E-state index is -5.36. The lowest BCUT2D eigenvalue weighted by atomic mass is 9.98. The number of benzene rings is 6. The summed E-state index contributed by atoms with van der Waals surface area (Å²) in [6, 6.07) is -9.66. The molecule has 12 nitrogen and oxygen atoms in total. The summed E-state index contributed by atoms with van der Waals surface area (Å²) in [6.45, 7) is -17.0. The number of likely N-dealkylation sites (N-methyl/N-ethyl adjacent to an activating group) is 2. The zero-order valence-corrected chi connectivity index (χ0v) is 53.2. The maximum absolute atomic E-state index is 15.1. The molecule has 2 aliphatic carbocycles. The molecule has 0 N–H and O–H groups in total. The summed E-state index contributed by atoms with van der Waals surface area (Å²) in [6.07, 6.45) is -16.9. The Kier molecular flexibility index (Phi) is 13.1. The molecule has 2 aromatic heterocycles. The van der Waals surface area contributed by atoms with Crippen molar-refractivity contribution in [1.29, 1.82) is 0 Å². The van der Waals surface area contributed by atoms with E-state index in [2.05, 4.69) is 9.97 Å². The van der Waals surface area contributed by atoms with E-state index in [4.69, 9.17) is 38.4 Å². The molecule has 0 spiro atoms. The van der Waals surface area contributed by atoms with Gasteiger partial charge in [-0.2, -0.15) is 36.3 Å². The molecule has 22 heteroatoms. The Labute approximate surface area is 614 Å². The first-order valence-corrected chi connectivity index (χ1v) is 30.6. The molecule has 10 rings (SSSR count). The average molecular weight is 1400 g/mol. The number of hydrogen-bond acceptors (Lipinski definition) is 10. The van der Waals surface area contributed by atoms with Crippen LogP contribution in [-0.4, -0.2) is 103 Å². The highest BCUT2D eigenvalue weighted by Gasteiger charge is 2.33. The van der Waals surface area contributed by atoms with Crippen molar-refractivity contribution in [3.63, 3.8) is 0 Å². The van der Waals surface area contributed by atoms with Crippen LogP contribution in [-0.2, 0) is 85.0 Å². The van der Waals surface area contributed by atoms with Crippen LogP contribution in [0.15, 0.2) is 159 Å². The predicted molar refractivity (Wildman–Crippen MR) is 362 cm³/mol. The van der Waals surface area contributed by atoms with E-state index in [1.54, 1.807) is 0 Å². The molecule has 0 bridgehead atoms. The summed E-state index contributed by atoms with van der Waals surface area (Å²) in [7, 11) is 0. The van der Waals surface area contributed by atoms with Crippen LogP contribution in [0.1, 0.15) is 152 Å². The van der Waals surface area contributed by atoms with E-state index in [0.717, 1.165) is 28.9 Å². The maximum atomic E-state index is 15.1. The molecule has 0 saturated heterocycles. The van der Waals surface area contributed by atoms with Crippen molar-refractivity contribution in [2.45, 2.75) is 134 Å². The van der Waals surface area contributed by atoms with Gasteiger partial charge in [-0.1, -0.05) is 149 Å². The van der Waals surface area contributed by atoms with Crippen molar-refractivity contribution in [1.82, 2.24) is 38.7 Å². The Morgan fingerprint density at radius 1 is 0.573 bits per heavy atom. The first kappa shape index (κ1) is 38.3. The number of alkyl halides is 6. The third-order valence-corrected chi connectivity index (χ3v) is 15.5. The monoisotopic (exact) mass is 1400 g/mol. The van der Waals surface area contributed by atoms with Gasteiger partial charge in [0.15, 0.2) is 10.3 Å². The van der Waals surface area contributed by atoms with E-state index >= 15 is 9.59 Å². The van der Waals surface area contributed by atoms with E-state index in [-0.39, 0.29) is 88.4 Å². The normalized spacial score (nSPS) is 22.0. The van der Waals surface area contributed by atoms with Crippen molar-refractivity contribution in [2.24, 2.45) is 5.89 Å². The summed E-state index contributed by atoms with van der Waals surface area (Å²) < 4.78 is 425. The van der Waals surface area contributed by atoms with Gasteiger partial charge in [0.1, 0.15) is 24.6 Å². The Morgan fingerprint density at radius 2 is 1.04 bits per heavy atom. The summed E-state index contributed by atoms with van der Waals surface area (Å²) in [5, 5.41) is -2.30. The average Bonchev–Trinajstić information content (AvgIpc) is 1.51. The largest absolute Gasteiger partial charge is 0.416 e. The summed E-state index contributed by atoms with van der Waals surface area (Å²) in [5.41, 5.74) is -19.8. The number of halogens is 8. The minimum Gasteiger partial charge on any atom is -0.336 e. The lowest BCUT2D eigenvalue weighted by Crippen LogP contribution is -2.40. The third-order valence-electron chi connectivity index (χ3n) is 14.0. The van der Waals surface area contributed by atoms with Crippen molar-refractivity contribution in [3.05, 3.63) is 233 Å². The summed E-state index contributed by atoms with van der Waals surface area (Å²) in [5.74, 6) is -10.4. The number of nitrogens with zero attached hydrogens (tertiary/aromatic N) is 8. The van der Waals surface area contributed by atoms with Crippen LogP contribution in [0.25, 0.3) is 22.3 Å². The quantitative estimate of drug-likeness (QED) is 0.0295. The fourth-order valence-electron chi connectivity index (χ4n) is 8.94. The van der Waals surface area contributed by atoms with Gasteiger partial charge >= 0.3 is 12.4 Å². The second kappa shape index (κ2) is 32.9. The number of carbonyl (C=O) groups excluding carboxylic acids is 2. The second-order valence-corrected chi connectivity index (χ2v) is 22.0. The van der Waals surface area contributed by atoms with Crippen LogP contribution in [0.3, 0.4) is 0 Å². The maximum Gasteiger partial charge on any atom is 0.416 e. The Morgan fingerprint density at radius 3 is 1.54 bits per heavy atom. The third kappa shape index (κ3) is 19.0. The van der Waals surface area contributed by atoms with Crippen LogP contribution in [0.2, 0.25) is 0 Å². The topological polar surface area (TPSA) is 117 Å². The van der Waals surface area contributed by atoms with Crippen LogP contribution in [0.4, 0.5) is 35.1 Å². The molecule has 2 aliphatic rings. The van der Waals surface area contributed by atoms with Gasteiger partial charge < -0.3 is 28.7 Å². The van der Waals surface area contributed by atoms with Gasteiger partial charge in [-0.15, -0.1) is 0 Å². The zero-order chi connectivity index (χ0) is 101. The highest BCUT2D eigenvalue weighted by Crippen LogP contribution is 2.35. The molecular weight excluding hydrogens is 1280 g/mol. The van der Waals surface area contributed by atoms with Gasteiger partial charge in [-0.05, 0) is 169 Å². The molecule has 1 atom stereocenters. The van der Waals surface area contributed by atoms with E-state index in [1.807, 2.05) is 0 Å². The molecule has 0 saturated carbocycles. The Hall–Kier alpha value is -7.92. The van der Waals surface area contributed by atoms with Gasteiger partial charge in [-0.3, -0.25) is 19.2 Å². The van der Waals surface area contributed by atoms with E-state index < -0.39 is 298 Å². The molecule has 96 heavy (non-hydrogen) atoms. The smallest absolute Gasteiger partial charge is 0.336 e. The van der Waals surface area contributed by atoms with Crippen LogP contribution in [0.5, 0.6) is 0 Å². The molecule has 0 radical (unpaired) electrons. The Bertz CT molecular complexity index is 5950. The first-order valence-electron chi connectivity index (χ1n) is 47.0. The fourth-order valence-corrected chi connectivity index (χ4v) is 10.3. The SMILES string of the molecule is [2H]c1c([2H])c(C([2H])([2H])Sc2nc(=O)c3c(n2C([2H])([2H])C(=O)N(Cc2c([2H])c([2H])c(-c4c([2H])c([2H])c(C(F)(F)F)c([2H])c4[2H])c([2H])c2C)C([2H])([2H])C([2H])([2H])N(CC)CC)CCC3)c([2H])c([2H])c1F.[2H]c1c([2H])c(C([2H])([2H])Sc2nc(=O)c3c(n2C([2H])([2H])C(=O)N(Cc2ccc(-c4ccc(C(F)(F)F)cc4)cc2)C([2H])([2H])C([2H])([2H])N(CC)CC)C([2H])([2H])C([2H])(C)C3([2H])[2H])c([2H])c([2H])c1F. The van der Waals surface area contributed by atoms with Crippen molar-refractivity contribution >= 4 is 35.3 Å². The molecule has 2 heterocycles. The number of fused-ring (bicyclic) bond motifs is 2. The van der Waals surface area contributed by atoms with E-state index in [1.165, 1.54) is 64.1 Å². The highest BCUT2D eigenvalue weighted by molar-refractivity contribution is 7.98. The lowest BCUT2D eigenvalue weighted by molar-refractivity contribution is -0.138. The lowest BCUT2D eigenvalue weighted by Gasteiger charge is -2.28. The van der Waals surface area contributed by atoms with Gasteiger partial charge in [-0.25, -0.2) is 8.78 Å². The van der Waals surface area contributed by atoms with Gasteiger partial charge in [0, 0.05) is 90.8 Å². The fraction of sp³-hybridized carbons (Fsp3) is 0.378. The molecular formula is C74H80F8N8O4S2. The van der Waals surface area contributed by atoms with Crippen LogP contribution in [0, 0.1) is 24.5 Å². The Balaban J connectivity index is 0.000000297. The number of rotatable bonds is 26. The number of thioether (sulfide) groups is 2. The predicted octanol–water partition coefficient (Wildman–Crippen LogP) is 15.0. The molecule has 6 aromatic carbocycles. The van der Waals surface area contributed by atoms with E-state index in [9.17, 15) is 55.7 Å². The molecule has 0 aliphatic heterocycles. The number of carbonyl (C=O) groups is 2. The van der Waals surface area contributed by atoms with Crippen molar-refractivity contribution in [3.8, 4) is 22.3 Å². The summed E-state index contributed by atoms with van der Waals surface area (Å²) >= 11 is -0.571. The van der Waals surface area contributed by atoms with Gasteiger partial charge in [0.2, 0.25) is 11.8 Å². The summed E-state index contributed by atoms with van der Waals surface area (Å²) in [4.78, 5) is 66.8. The van der Waals surface area contributed by atoms with Gasteiger partial charge in [0.25, 0.3) is 11.1 Å². The van der Waals surface area contributed by atoms with Gasteiger partial charge in [0.05, 0.1) is 42.7 Å². The van der Waals surface area contributed by atoms with E-state index in [0.29, 0.717) is 22.6 Å². The molecule has 8 aromatic rings. The number of amides is 2. The highest BCUT2D eigenvalue weighted by atomic mass is 32.2. The minimum absolute atomic E-state index is 0.00306. The number of hydrogen-bond donors (Lipinski definition) is 0. The van der Waals surface area contributed by atoms with Crippen LogP contribution < -0.4 is 11.1 Å². The second-order valence-electron chi connectivity index (χ2n) is 20.4. The molecule has 0 fully saturated rings. The van der Waals surface area contributed by atoms with Crippen LogP contribution >= 0.6 is 23.5 Å².